The van der Waals surface area contributed by atoms with Crippen LogP contribution < -0.4 is 4.74 Å². The first-order chi connectivity index (χ1) is 14.1. The Morgan fingerprint density at radius 1 is 0.967 bits per heavy atom. The van der Waals surface area contributed by atoms with Gasteiger partial charge in [0.05, 0.1) is 6.61 Å². The normalized spacial score (nSPS) is 13.0. The van der Waals surface area contributed by atoms with Gasteiger partial charge >= 0.3 is 5.97 Å². The summed E-state index contributed by atoms with van der Waals surface area (Å²) in [5, 5.41) is 0.0193. The molecular formula is C25H36O4Si. The van der Waals surface area contributed by atoms with Crippen LogP contribution in [0.25, 0.3) is 0 Å². The first-order valence-corrected chi connectivity index (χ1v) is 13.6. The van der Waals surface area contributed by atoms with Crippen molar-refractivity contribution in [1.82, 2.24) is 0 Å². The molecule has 2 aromatic carbocycles. The largest absolute Gasteiger partial charge is 0.489 e. The molecule has 0 heterocycles. The van der Waals surface area contributed by atoms with Gasteiger partial charge in [-0.2, -0.15) is 0 Å². The first kappa shape index (κ1) is 24.2. The molecule has 0 aliphatic carbocycles. The lowest BCUT2D eigenvalue weighted by Gasteiger charge is -2.38. The van der Waals surface area contributed by atoms with E-state index in [1.54, 1.807) is 0 Å². The summed E-state index contributed by atoms with van der Waals surface area (Å²) >= 11 is 0. The number of carbonyl (C=O) groups excluding carboxylic acids is 1. The first-order valence-electron chi connectivity index (χ1n) is 10.7. The average Bonchev–Trinajstić information content (AvgIpc) is 2.70. The number of hydrogen-bond donors (Lipinski definition) is 0. The molecule has 2 rings (SSSR count). The summed E-state index contributed by atoms with van der Waals surface area (Å²) in [5.41, 5.74) is 2.15. The van der Waals surface area contributed by atoms with Gasteiger partial charge in [0, 0.05) is 6.42 Å². The predicted octanol–water partition coefficient (Wildman–Crippen LogP) is 6.15. The summed E-state index contributed by atoms with van der Waals surface area (Å²) in [7, 11) is -2.11. The van der Waals surface area contributed by atoms with Gasteiger partial charge in [-0.15, -0.1) is 0 Å². The van der Waals surface area contributed by atoms with E-state index in [9.17, 15) is 4.79 Å². The molecule has 5 heteroatoms. The molecule has 30 heavy (non-hydrogen) atoms. The highest BCUT2D eigenvalue weighted by molar-refractivity contribution is 6.74. The molecule has 1 atom stereocenters. The summed E-state index contributed by atoms with van der Waals surface area (Å²) in [6.07, 6.45) is 0.702. The SMILES string of the molecule is CCCOC(=O)[C@H](Cc1ccc(OCc2ccccc2)cc1)O[Si](C)(C)C(C)(C)C. The van der Waals surface area contributed by atoms with Crippen LogP contribution in [-0.2, 0) is 27.0 Å². The Balaban J connectivity index is 2.05. The summed E-state index contributed by atoms with van der Waals surface area (Å²) in [4.78, 5) is 12.7. The maximum Gasteiger partial charge on any atom is 0.334 e. The minimum Gasteiger partial charge on any atom is -0.489 e. The average molecular weight is 429 g/mol. The molecule has 0 unspecified atom stereocenters. The standard InChI is InChI=1S/C25H36O4Si/c1-7-17-27-24(26)23(29-30(5,6)25(2,3)4)18-20-13-15-22(16-14-20)28-19-21-11-9-8-10-12-21/h8-16,23H,7,17-19H2,1-6H3/t23-/m0/s1. The Labute approximate surface area is 182 Å². The lowest BCUT2D eigenvalue weighted by Crippen LogP contribution is -2.47. The van der Waals surface area contributed by atoms with Gasteiger partial charge in [0.1, 0.15) is 18.5 Å². The van der Waals surface area contributed by atoms with E-state index in [1.807, 2.05) is 61.5 Å². The molecule has 0 aliphatic rings. The highest BCUT2D eigenvalue weighted by atomic mass is 28.4. The Morgan fingerprint density at radius 3 is 2.17 bits per heavy atom. The van der Waals surface area contributed by atoms with Crippen molar-refractivity contribution in [2.75, 3.05) is 6.61 Å². The van der Waals surface area contributed by atoms with Gasteiger partial charge in [0.25, 0.3) is 0 Å². The molecule has 2 aromatic rings. The third-order valence-corrected chi connectivity index (χ3v) is 10.0. The molecular weight excluding hydrogens is 392 g/mol. The van der Waals surface area contributed by atoms with Crippen LogP contribution in [0, 0.1) is 0 Å². The molecule has 0 bridgehead atoms. The van der Waals surface area contributed by atoms with Crippen molar-refractivity contribution in [2.24, 2.45) is 0 Å². The van der Waals surface area contributed by atoms with Crippen LogP contribution in [0.4, 0.5) is 0 Å². The van der Waals surface area contributed by atoms with Crippen LogP contribution in [0.5, 0.6) is 5.75 Å². The van der Waals surface area contributed by atoms with Gasteiger partial charge in [-0.3, -0.25) is 0 Å². The fourth-order valence-corrected chi connectivity index (χ4v) is 3.92. The number of hydrogen-bond acceptors (Lipinski definition) is 4. The van der Waals surface area contributed by atoms with E-state index >= 15 is 0 Å². The van der Waals surface area contributed by atoms with Gasteiger partial charge in [0.2, 0.25) is 0 Å². The lowest BCUT2D eigenvalue weighted by atomic mass is 10.1. The number of ether oxygens (including phenoxy) is 2. The fraction of sp³-hybridized carbons (Fsp3) is 0.480. The van der Waals surface area contributed by atoms with E-state index in [4.69, 9.17) is 13.9 Å². The lowest BCUT2D eigenvalue weighted by molar-refractivity contribution is -0.152. The van der Waals surface area contributed by atoms with E-state index in [0.29, 0.717) is 19.6 Å². The van der Waals surface area contributed by atoms with Crippen LogP contribution in [0.2, 0.25) is 18.1 Å². The fourth-order valence-electron chi connectivity index (χ4n) is 2.68. The maximum absolute atomic E-state index is 12.7. The smallest absolute Gasteiger partial charge is 0.334 e. The topological polar surface area (TPSA) is 44.8 Å². The molecule has 0 spiro atoms. The second-order valence-electron chi connectivity index (χ2n) is 9.16. The van der Waals surface area contributed by atoms with Crippen molar-refractivity contribution in [1.29, 1.82) is 0 Å². The molecule has 0 saturated heterocycles. The Bertz CT molecular complexity index is 779. The van der Waals surface area contributed by atoms with Crippen molar-refractivity contribution in [3.8, 4) is 5.75 Å². The minimum absolute atomic E-state index is 0.0193. The molecule has 0 saturated carbocycles. The zero-order valence-electron chi connectivity index (χ0n) is 19.2. The number of esters is 1. The van der Waals surface area contributed by atoms with Gasteiger partial charge in [-0.1, -0.05) is 70.2 Å². The maximum atomic E-state index is 12.7. The van der Waals surface area contributed by atoms with Gasteiger partial charge < -0.3 is 13.9 Å². The van der Waals surface area contributed by atoms with Crippen molar-refractivity contribution in [3.05, 3.63) is 65.7 Å². The molecule has 0 aliphatic heterocycles. The van der Waals surface area contributed by atoms with Crippen LogP contribution in [0.15, 0.2) is 54.6 Å². The predicted molar refractivity (Wildman–Crippen MR) is 124 cm³/mol. The summed E-state index contributed by atoms with van der Waals surface area (Å²) in [5.74, 6) is 0.532. The zero-order chi connectivity index (χ0) is 22.2. The van der Waals surface area contributed by atoms with E-state index in [2.05, 4.69) is 33.9 Å². The van der Waals surface area contributed by atoms with E-state index in [1.165, 1.54) is 0 Å². The van der Waals surface area contributed by atoms with Crippen LogP contribution in [0.3, 0.4) is 0 Å². The van der Waals surface area contributed by atoms with Crippen molar-refractivity contribution < 1.29 is 18.7 Å². The Morgan fingerprint density at radius 2 is 1.60 bits per heavy atom. The van der Waals surface area contributed by atoms with Crippen molar-refractivity contribution >= 4 is 14.3 Å². The monoisotopic (exact) mass is 428 g/mol. The third-order valence-electron chi connectivity index (χ3n) is 5.55. The number of rotatable bonds is 10. The second kappa shape index (κ2) is 10.8. The quantitative estimate of drug-likeness (QED) is 0.336. The van der Waals surface area contributed by atoms with Gasteiger partial charge in [-0.05, 0) is 47.8 Å². The second-order valence-corrected chi connectivity index (χ2v) is 13.9. The third kappa shape index (κ3) is 7.29. The number of carbonyl (C=O) groups is 1. The molecule has 0 N–H and O–H groups in total. The molecule has 4 nitrogen and oxygen atoms in total. The summed E-state index contributed by atoms with van der Waals surface area (Å²) < 4.78 is 17.7. The molecule has 0 amide bonds. The molecule has 164 valence electrons. The molecule has 0 radical (unpaired) electrons. The van der Waals surface area contributed by atoms with E-state index < -0.39 is 14.4 Å². The zero-order valence-corrected chi connectivity index (χ0v) is 20.2. The highest BCUT2D eigenvalue weighted by Gasteiger charge is 2.41. The summed E-state index contributed by atoms with van der Waals surface area (Å²) in [6.45, 7) is 13.8. The van der Waals surface area contributed by atoms with Crippen molar-refractivity contribution in [2.45, 2.75) is 71.4 Å². The molecule has 0 aromatic heterocycles. The van der Waals surface area contributed by atoms with E-state index in [0.717, 1.165) is 23.3 Å². The van der Waals surface area contributed by atoms with E-state index in [-0.39, 0.29) is 11.0 Å². The van der Waals surface area contributed by atoms with Gasteiger partial charge in [0.15, 0.2) is 8.32 Å². The van der Waals surface area contributed by atoms with Gasteiger partial charge in [-0.25, -0.2) is 4.79 Å². The van der Waals surface area contributed by atoms with Crippen LogP contribution >= 0.6 is 0 Å². The number of benzene rings is 2. The Hall–Kier alpha value is -2.11. The Kier molecular flexibility index (Phi) is 8.68. The highest BCUT2D eigenvalue weighted by Crippen LogP contribution is 2.37. The molecule has 0 fully saturated rings. The van der Waals surface area contributed by atoms with Crippen LogP contribution in [0.1, 0.15) is 45.2 Å². The van der Waals surface area contributed by atoms with Crippen molar-refractivity contribution in [3.63, 3.8) is 0 Å². The minimum atomic E-state index is -2.11. The van der Waals surface area contributed by atoms with Crippen LogP contribution in [-0.4, -0.2) is 27.0 Å². The summed E-state index contributed by atoms with van der Waals surface area (Å²) in [6, 6.07) is 18.0.